The first-order chi connectivity index (χ1) is 11.0. The fraction of sp³-hybridized carbons (Fsp3) is 0.600. The van der Waals surface area contributed by atoms with Crippen LogP contribution in [0.15, 0.2) is 0 Å². The third-order valence-electron chi connectivity index (χ3n) is 4.34. The molecule has 0 saturated heterocycles. The van der Waals surface area contributed by atoms with Gasteiger partial charge in [-0.15, -0.1) is 0 Å². The van der Waals surface area contributed by atoms with Crippen LogP contribution < -0.4 is 0 Å². The normalized spacial score (nSPS) is 18.9. The maximum absolute atomic E-state index is 12.1. The van der Waals surface area contributed by atoms with Crippen LogP contribution in [0.25, 0.3) is 0 Å². The molecular formula is C15H20O10. The molecule has 0 aromatic rings. The Morgan fingerprint density at radius 1 is 0.600 bits per heavy atom. The summed E-state index contributed by atoms with van der Waals surface area (Å²) in [6.45, 7) is 2.62. The van der Waals surface area contributed by atoms with E-state index in [1.165, 1.54) is 0 Å². The van der Waals surface area contributed by atoms with E-state index in [0.29, 0.717) is 34.6 Å². The van der Waals surface area contributed by atoms with Crippen molar-refractivity contribution in [2.75, 3.05) is 0 Å². The first-order valence-corrected chi connectivity index (χ1v) is 6.94. The molecule has 10 heteroatoms. The van der Waals surface area contributed by atoms with Crippen molar-refractivity contribution in [3.05, 3.63) is 0 Å². The fourth-order valence-corrected chi connectivity index (χ4v) is 2.75. The molecule has 0 saturated carbocycles. The minimum Gasteiger partial charge on any atom is -0.375 e. The molecular weight excluding hydrogens is 340 g/mol. The smallest absolute Gasteiger partial charge is 0.220 e. The van der Waals surface area contributed by atoms with Crippen LogP contribution in [0.3, 0.4) is 0 Å². The van der Waals surface area contributed by atoms with Crippen molar-refractivity contribution in [1.82, 2.24) is 0 Å². The number of aliphatic hydroxyl groups is 4. The van der Waals surface area contributed by atoms with E-state index >= 15 is 0 Å². The molecule has 0 heterocycles. The van der Waals surface area contributed by atoms with Crippen molar-refractivity contribution < 1.29 is 49.2 Å². The second-order valence-electron chi connectivity index (χ2n) is 5.80. The summed E-state index contributed by atoms with van der Waals surface area (Å²) in [6, 6.07) is 0. The van der Waals surface area contributed by atoms with Crippen LogP contribution in [0.4, 0.5) is 0 Å². The monoisotopic (exact) mass is 360 g/mol. The van der Waals surface area contributed by atoms with Crippen LogP contribution in [0.2, 0.25) is 0 Å². The molecule has 4 N–H and O–H groups in total. The third-order valence-corrected chi connectivity index (χ3v) is 4.34. The molecule has 0 aliphatic rings. The zero-order chi connectivity index (χ0) is 20.6. The lowest BCUT2D eigenvalue weighted by Crippen LogP contribution is -2.85. The molecule has 25 heavy (non-hydrogen) atoms. The maximum Gasteiger partial charge on any atom is 0.220 e. The highest BCUT2D eigenvalue weighted by Crippen LogP contribution is 2.42. The zero-order valence-corrected chi connectivity index (χ0v) is 14.3. The summed E-state index contributed by atoms with van der Waals surface area (Å²) < 4.78 is 0. The average molecular weight is 360 g/mol. The predicted molar refractivity (Wildman–Crippen MR) is 79.3 cm³/mol. The van der Waals surface area contributed by atoms with E-state index in [1.54, 1.807) is 0 Å². The van der Waals surface area contributed by atoms with E-state index in [9.17, 15) is 49.2 Å². The number of hydrogen-bond donors (Lipinski definition) is 4. The van der Waals surface area contributed by atoms with Gasteiger partial charge in [0.2, 0.25) is 22.4 Å². The Labute approximate surface area is 142 Å². The van der Waals surface area contributed by atoms with E-state index in [-0.39, 0.29) is 0 Å². The highest BCUT2D eigenvalue weighted by molar-refractivity contribution is 6.19. The molecule has 0 aromatic heterocycles. The van der Waals surface area contributed by atoms with E-state index in [0.717, 1.165) is 0 Å². The molecule has 0 rings (SSSR count). The summed E-state index contributed by atoms with van der Waals surface area (Å²) in [5.41, 5.74) is -15.5. The standard InChI is InChI=1S/C15H20O10/c1-7(17)12(22,6-16)14(24,10(4)20)15(25,11(5)21)13(23,8(2)18)9(3)19/h6,22-25H,1-5H3/t12-,14-,15-/m1/s1. The topological polar surface area (TPSA) is 183 Å². The van der Waals surface area contributed by atoms with Gasteiger partial charge in [-0.1, -0.05) is 0 Å². The zero-order valence-electron chi connectivity index (χ0n) is 14.3. The van der Waals surface area contributed by atoms with Crippen LogP contribution in [0.5, 0.6) is 0 Å². The SMILES string of the molecule is CC(=O)C(O)(C(C)=O)[C@](O)(C(C)=O)[C@@](O)(C(C)=O)[C@@](O)(C=O)C(C)=O. The highest BCUT2D eigenvalue weighted by Gasteiger charge is 2.78. The summed E-state index contributed by atoms with van der Waals surface area (Å²) in [5.74, 6) is -8.19. The van der Waals surface area contributed by atoms with Gasteiger partial charge in [0.25, 0.3) is 0 Å². The summed E-state index contributed by atoms with van der Waals surface area (Å²) in [6.07, 6.45) is -0.634. The maximum atomic E-state index is 12.1. The first kappa shape index (κ1) is 22.9. The predicted octanol–water partition coefficient (Wildman–Crippen LogP) is -2.95. The lowest BCUT2D eigenvalue weighted by Gasteiger charge is -2.51. The van der Waals surface area contributed by atoms with Gasteiger partial charge in [-0.25, -0.2) is 0 Å². The molecule has 10 nitrogen and oxygen atoms in total. The molecule has 0 fully saturated rings. The van der Waals surface area contributed by atoms with Gasteiger partial charge < -0.3 is 20.4 Å². The van der Waals surface area contributed by atoms with Gasteiger partial charge in [0.05, 0.1) is 0 Å². The molecule has 0 spiro atoms. The molecule has 0 aromatic carbocycles. The molecule has 3 atom stereocenters. The van der Waals surface area contributed by atoms with Crippen molar-refractivity contribution in [1.29, 1.82) is 0 Å². The van der Waals surface area contributed by atoms with E-state index in [4.69, 9.17) is 0 Å². The minimum absolute atomic E-state index is 0.478. The van der Waals surface area contributed by atoms with Gasteiger partial charge in [-0.3, -0.25) is 28.8 Å². The molecule has 0 aliphatic heterocycles. The summed E-state index contributed by atoms with van der Waals surface area (Å²) in [7, 11) is 0. The van der Waals surface area contributed by atoms with Crippen LogP contribution >= 0.6 is 0 Å². The minimum atomic E-state index is -4.04. The van der Waals surface area contributed by atoms with E-state index < -0.39 is 57.6 Å². The Bertz CT molecular complexity index is 651. The Morgan fingerprint density at radius 2 is 0.920 bits per heavy atom. The lowest BCUT2D eigenvalue weighted by molar-refractivity contribution is -0.254. The Kier molecular flexibility index (Phi) is 6.07. The second-order valence-corrected chi connectivity index (χ2v) is 5.80. The van der Waals surface area contributed by atoms with Gasteiger partial charge in [0, 0.05) is 0 Å². The number of ketones is 5. The van der Waals surface area contributed by atoms with Gasteiger partial charge in [-0.2, -0.15) is 0 Å². The summed E-state index contributed by atoms with van der Waals surface area (Å²) in [5, 5.41) is 42.2. The second kappa shape index (κ2) is 6.64. The summed E-state index contributed by atoms with van der Waals surface area (Å²) in [4.78, 5) is 70.9. The van der Waals surface area contributed by atoms with Gasteiger partial charge >= 0.3 is 0 Å². The van der Waals surface area contributed by atoms with Crippen LogP contribution in [-0.4, -0.2) is 78.0 Å². The number of carbonyl (C=O) groups is 6. The van der Waals surface area contributed by atoms with Gasteiger partial charge in [-0.05, 0) is 34.6 Å². The lowest BCUT2D eigenvalue weighted by atomic mass is 9.57. The van der Waals surface area contributed by atoms with Crippen LogP contribution in [0, 0.1) is 0 Å². The first-order valence-electron chi connectivity index (χ1n) is 6.94. The molecule has 0 unspecified atom stereocenters. The number of hydrogen-bond acceptors (Lipinski definition) is 10. The molecule has 0 bridgehead atoms. The van der Waals surface area contributed by atoms with Crippen molar-refractivity contribution in [2.24, 2.45) is 0 Å². The highest BCUT2D eigenvalue weighted by atomic mass is 16.4. The van der Waals surface area contributed by atoms with Gasteiger partial charge in [0.1, 0.15) is 0 Å². The largest absolute Gasteiger partial charge is 0.375 e. The molecule has 0 aliphatic carbocycles. The molecule has 0 amide bonds. The van der Waals surface area contributed by atoms with E-state index in [1.807, 2.05) is 0 Å². The Morgan fingerprint density at radius 3 is 1.08 bits per heavy atom. The quantitative estimate of drug-likeness (QED) is 0.245. The third kappa shape index (κ3) is 2.58. The average Bonchev–Trinajstić information content (AvgIpc) is 2.49. The number of Topliss-reactive ketones (excluding diaryl/α,β-unsaturated/α-hetero) is 5. The Hall–Kier alpha value is -2.14. The van der Waals surface area contributed by atoms with Crippen molar-refractivity contribution in [3.63, 3.8) is 0 Å². The number of aldehydes is 1. The van der Waals surface area contributed by atoms with Gasteiger partial charge in [0.15, 0.2) is 35.2 Å². The molecule has 140 valence electrons. The van der Waals surface area contributed by atoms with E-state index in [2.05, 4.69) is 0 Å². The van der Waals surface area contributed by atoms with Crippen molar-refractivity contribution in [3.8, 4) is 0 Å². The fourth-order valence-electron chi connectivity index (χ4n) is 2.75. The number of carbonyl (C=O) groups excluding carboxylic acids is 6. The van der Waals surface area contributed by atoms with Crippen molar-refractivity contribution in [2.45, 2.75) is 57.0 Å². The van der Waals surface area contributed by atoms with Crippen molar-refractivity contribution >= 4 is 35.2 Å². The molecule has 0 radical (unpaired) electrons. The Balaban J connectivity index is 7.50. The van der Waals surface area contributed by atoms with Crippen LogP contribution in [0.1, 0.15) is 34.6 Å². The van der Waals surface area contributed by atoms with Crippen LogP contribution in [-0.2, 0) is 28.8 Å². The summed E-state index contributed by atoms with van der Waals surface area (Å²) >= 11 is 0. The number of rotatable bonds is 9.